The van der Waals surface area contributed by atoms with E-state index < -0.39 is 0 Å². The Morgan fingerprint density at radius 1 is 1.13 bits per heavy atom. The summed E-state index contributed by atoms with van der Waals surface area (Å²) in [5.41, 5.74) is 3.51. The second kappa shape index (κ2) is 8.42. The van der Waals surface area contributed by atoms with Gasteiger partial charge in [-0.2, -0.15) is 0 Å². The number of carbonyl (C=O) groups is 1. The van der Waals surface area contributed by atoms with E-state index in [1.54, 1.807) is 6.92 Å². The maximum absolute atomic E-state index is 11.3. The summed E-state index contributed by atoms with van der Waals surface area (Å²) >= 11 is 0. The van der Waals surface area contributed by atoms with Crippen LogP contribution in [0.3, 0.4) is 0 Å². The smallest absolute Gasteiger partial charge is 0.219 e. The first kappa shape index (κ1) is 17.1. The molecule has 3 aliphatic heterocycles. The van der Waals surface area contributed by atoms with Crippen LogP contribution >= 0.6 is 0 Å². The Labute approximate surface area is 140 Å². The number of hydrogen-bond acceptors (Lipinski definition) is 5. The van der Waals surface area contributed by atoms with Crippen molar-refractivity contribution in [2.45, 2.75) is 57.7 Å². The molecule has 0 radical (unpaired) electrons. The molecule has 0 spiro atoms. The number of hydrazine groups is 1. The van der Waals surface area contributed by atoms with Crippen LogP contribution in [-0.2, 0) is 9.53 Å². The zero-order chi connectivity index (χ0) is 16.1. The Kier molecular flexibility index (Phi) is 6.28. The SMILES string of the molecule is CC(=O)N1CCN(CCCCOC2CC3CCCCN3N2)CC1. The average Bonchev–Trinajstić information content (AvgIpc) is 2.97. The fraction of sp³-hybridized carbons (Fsp3) is 0.941. The van der Waals surface area contributed by atoms with Gasteiger partial charge in [0.25, 0.3) is 0 Å². The molecule has 3 fully saturated rings. The van der Waals surface area contributed by atoms with Crippen LogP contribution in [0.1, 0.15) is 45.4 Å². The summed E-state index contributed by atoms with van der Waals surface area (Å²) in [6, 6.07) is 0.700. The molecule has 0 bridgehead atoms. The lowest BCUT2D eigenvalue weighted by Gasteiger charge is -2.34. The van der Waals surface area contributed by atoms with Crippen LogP contribution in [0.5, 0.6) is 0 Å². The molecule has 0 saturated carbocycles. The number of nitrogens with one attached hydrogen (secondary N) is 1. The van der Waals surface area contributed by atoms with E-state index in [9.17, 15) is 4.79 Å². The summed E-state index contributed by atoms with van der Waals surface area (Å²) in [5, 5.41) is 2.39. The van der Waals surface area contributed by atoms with Gasteiger partial charge in [0.05, 0.1) is 0 Å². The molecule has 2 atom stereocenters. The predicted molar refractivity (Wildman–Crippen MR) is 89.8 cm³/mol. The van der Waals surface area contributed by atoms with Crippen molar-refractivity contribution in [2.75, 3.05) is 45.9 Å². The number of rotatable bonds is 6. The Hall–Kier alpha value is -0.690. The second-order valence-electron chi connectivity index (χ2n) is 7.12. The van der Waals surface area contributed by atoms with Gasteiger partial charge in [0.1, 0.15) is 6.23 Å². The van der Waals surface area contributed by atoms with Crippen LogP contribution in [0.15, 0.2) is 0 Å². The highest BCUT2D eigenvalue weighted by Crippen LogP contribution is 2.25. The Bertz CT molecular complexity index is 371. The summed E-state index contributed by atoms with van der Waals surface area (Å²) < 4.78 is 6.01. The van der Waals surface area contributed by atoms with E-state index >= 15 is 0 Å². The standard InChI is InChI=1S/C17H32N4O2/c1-15(22)20-11-9-19(10-12-20)7-4-5-13-23-17-14-16-6-2-3-8-21(16)18-17/h16-18H,2-14H2,1H3. The van der Waals surface area contributed by atoms with Crippen LogP contribution in [0.2, 0.25) is 0 Å². The zero-order valence-corrected chi connectivity index (χ0v) is 14.5. The molecular weight excluding hydrogens is 292 g/mol. The summed E-state index contributed by atoms with van der Waals surface area (Å²) in [5.74, 6) is 0.207. The lowest BCUT2D eigenvalue weighted by atomic mass is 10.0. The largest absolute Gasteiger partial charge is 0.362 e. The Morgan fingerprint density at radius 3 is 2.70 bits per heavy atom. The van der Waals surface area contributed by atoms with Crippen molar-refractivity contribution in [1.82, 2.24) is 20.2 Å². The molecule has 6 heteroatoms. The van der Waals surface area contributed by atoms with Gasteiger partial charge in [0.15, 0.2) is 0 Å². The van der Waals surface area contributed by atoms with E-state index in [0.29, 0.717) is 6.04 Å². The number of amides is 1. The number of piperazine rings is 1. The fourth-order valence-electron chi connectivity index (χ4n) is 3.96. The van der Waals surface area contributed by atoms with Crippen LogP contribution in [0, 0.1) is 0 Å². The molecule has 6 nitrogen and oxygen atoms in total. The summed E-state index contributed by atoms with van der Waals surface area (Å²) in [6.07, 6.45) is 7.68. The van der Waals surface area contributed by atoms with Crippen molar-refractivity contribution in [1.29, 1.82) is 0 Å². The number of carbonyl (C=O) groups excluding carboxylic acids is 1. The minimum Gasteiger partial charge on any atom is -0.362 e. The molecule has 0 aromatic heterocycles. The van der Waals surface area contributed by atoms with Crippen LogP contribution in [0.25, 0.3) is 0 Å². The van der Waals surface area contributed by atoms with E-state index in [2.05, 4.69) is 15.3 Å². The van der Waals surface area contributed by atoms with Crippen molar-refractivity contribution in [3.63, 3.8) is 0 Å². The maximum atomic E-state index is 11.3. The van der Waals surface area contributed by atoms with Crippen LogP contribution < -0.4 is 5.43 Å². The normalized spacial score (nSPS) is 29.7. The predicted octanol–water partition coefficient (Wildman–Crippen LogP) is 1.04. The van der Waals surface area contributed by atoms with Gasteiger partial charge in [0.2, 0.25) is 5.91 Å². The third-order valence-corrected chi connectivity index (χ3v) is 5.43. The summed E-state index contributed by atoms with van der Waals surface area (Å²) in [4.78, 5) is 15.7. The van der Waals surface area contributed by atoms with E-state index in [-0.39, 0.29) is 12.1 Å². The van der Waals surface area contributed by atoms with Crippen LogP contribution in [-0.4, -0.2) is 78.9 Å². The average molecular weight is 324 g/mol. The molecular formula is C17H32N4O2. The minimum absolute atomic E-state index is 0.207. The third kappa shape index (κ3) is 4.89. The van der Waals surface area contributed by atoms with E-state index in [1.807, 2.05) is 4.90 Å². The van der Waals surface area contributed by atoms with Gasteiger partial charge in [0, 0.05) is 58.7 Å². The number of piperidine rings is 1. The molecule has 23 heavy (non-hydrogen) atoms. The molecule has 2 unspecified atom stereocenters. The van der Waals surface area contributed by atoms with Gasteiger partial charge >= 0.3 is 0 Å². The Balaban J connectivity index is 1.22. The van der Waals surface area contributed by atoms with E-state index in [0.717, 1.165) is 52.2 Å². The van der Waals surface area contributed by atoms with E-state index in [1.165, 1.54) is 32.2 Å². The van der Waals surface area contributed by atoms with Gasteiger partial charge in [-0.3, -0.25) is 9.69 Å². The monoisotopic (exact) mass is 324 g/mol. The van der Waals surface area contributed by atoms with Crippen molar-refractivity contribution >= 4 is 5.91 Å². The molecule has 0 aromatic carbocycles. The molecule has 0 aliphatic carbocycles. The zero-order valence-electron chi connectivity index (χ0n) is 14.5. The number of ether oxygens (including phenoxy) is 1. The highest BCUT2D eigenvalue weighted by Gasteiger charge is 2.33. The molecule has 3 rings (SSSR count). The first-order valence-corrected chi connectivity index (χ1v) is 9.34. The number of fused-ring (bicyclic) bond motifs is 1. The highest BCUT2D eigenvalue weighted by molar-refractivity contribution is 5.73. The third-order valence-electron chi connectivity index (χ3n) is 5.43. The number of nitrogens with zero attached hydrogens (tertiary/aromatic N) is 3. The van der Waals surface area contributed by atoms with Crippen LogP contribution in [0.4, 0.5) is 0 Å². The molecule has 3 saturated heterocycles. The van der Waals surface area contributed by atoms with Crippen molar-refractivity contribution in [3.8, 4) is 0 Å². The topological polar surface area (TPSA) is 48.1 Å². The van der Waals surface area contributed by atoms with Gasteiger partial charge in [-0.15, -0.1) is 0 Å². The van der Waals surface area contributed by atoms with Gasteiger partial charge in [-0.25, -0.2) is 10.4 Å². The van der Waals surface area contributed by atoms with Crippen molar-refractivity contribution in [2.24, 2.45) is 0 Å². The molecule has 3 heterocycles. The molecule has 3 aliphatic rings. The van der Waals surface area contributed by atoms with Gasteiger partial charge < -0.3 is 9.64 Å². The fourth-order valence-corrected chi connectivity index (χ4v) is 3.96. The van der Waals surface area contributed by atoms with Gasteiger partial charge in [-0.05, 0) is 32.2 Å². The lowest BCUT2D eigenvalue weighted by molar-refractivity contribution is -0.130. The number of unbranched alkanes of at least 4 members (excludes halogenated alkanes) is 1. The first-order chi connectivity index (χ1) is 11.2. The van der Waals surface area contributed by atoms with Crippen molar-refractivity contribution < 1.29 is 9.53 Å². The van der Waals surface area contributed by atoms with E-state index in [4.69, 9.17) is 4.74 Å². The second-order valence-corrected chi connectivity index (χ2v) is 7.12. The maximum Gasteiger partial charge on any atom is 0.219 e. The molecule has 132 valence electrons. The van der Waals surface area contributed by atoms with Gasteiger partial charge in [-0.1, -0.05) is 6.42 Å². The summed E-state index contributed by atoms with van der Waals surface area (Å²) in [7, 11) is 0. The molecule has 1 N–H and O–H groups in total. The molecule has 0 aromatic rings. The first-order valence-electron chi connectivity index (χ1n) is 9.34. The highest BCUT2D eigenvalue weighted by atomic mass is 16.5. The Morgan fingerprint density at radius 2 is 1.96 bits per heavy atom. The quantitative estimate of drug-likeness (QED) is 0.740. The molecule has 1 amide bonds. The number of hydrogen-bond donors (Lipinski definition) is 1. The minimum atomic E-state index is 0.207. The summed E-state index contributed by atoms with van der Waals surface area (Å²) in [6.45, 7) is 8.62. The van der Waals surface area contributed by atoms with Crippen molar-refractivity contribution in [3.05, 3.63) is 0 Å². The lowest BCUT2D eigenvalue weighted by Crippen LogP contribution is -2.48.